The van der Waals surface area contributed by atoms with Gasteiger partial charge < -0.3 is 5.32 Å². The van der Waals surface area contributed by atoms with E-state index in [0.717, 1.165) is 5.56 Å². The molecule has 3 rings (SSSR count). The van der Waals surface area contributed by atoms with Gasteiger partial charge in [0.05, 0.1) is 18.1 Å². The molecule has 6 nitrogen and oxygen atoms in total. The highest BCUT2D eigenvalue weighted by molar-refractivity contribution is 7.99. The fourth-order valence-electron chi connectivity index (χ4n) is 2.33. The topological polar surface area (TPSA) is 72.7 Å². The number of nitrogens with zero attached hydrogens (tertiary/aromatic N) is 4. The number of amides is 1. The molecule has 1 heterocycles. The lowest BCUT2D eigenvalue weighted by atomic mass is 10.2. The van der Waals surface area contributed by atoms with Gasteiger partial charge in [0.25, 0.3) is 0 Å². The highest BCUT2D eigenvalue weighted by Crippen LogP contribution is 2.11. The lowest BCUT2D eigenvalue weighted by Gasteiger charge is -2.07. The van der Waals surface area contributed by atoms with E-state index in [0.29, 0.717) is 23.7 Å². The van der Waals surface area contributed by atoms with Crippen LogP contribution < -0.4 is 5.32 Å². The number of rotatable bonds is 8. The van der Waals surface area contributed by atoms with E-state index in [1.807, 2.05) is 30.3 Å². The molecular formula is C18H18FN5OS. The van der Waals surface area contributed by atoms with E-state index in [4.69, 9.17) is 0 Å². The number of carbonyl (C=O) groups is 1. The smallest absolute Gasteiger partial charge is 0.230 e. The van der Waals surface area contributed by atoms with E-state index in [-0.39, 0.29) is 24.0 Å². The van der Waals surface area contributed by atoms with Crippen LogP contribution >= 0.6 is 11.8 Å². The number of thioether (sulfide) groups is 1. The van der Waals surface area contributed by atoms with E-state index in [1.54, 1.807) is 22.9 Å². The van der Waals surface area contributed by atoms with Gasteiger partial charge in [0.15, 0.2) is 5.82 Å². The van der Waals surface area contributed by atoms with Crippen molar-refractivity contribution in [1.82, 2.24) is 25.5 Å². The molecule has 1 aromatic heterocycles. The molecule has 2 aromatic carbocycles. The fourth-order valence-corrected chi connectivity index (χ4v) is 3.11. The van der Waals surface area contributed by atoms with Crippen LogP contribution in [0.25, 0.3) is 0 Å². The average molecular weight is 371 g/mol. The predicted octanol–water partition coefficient (Wildman–Crippen LogP) is 2.41. The maximum absolute atomic E-state index is 13.5. The quantitative estimate of drug-likeness (QED) is 0.658. The summed E-state index contributed by atoms with van der Waals surface area (Å²) in [4.78, 5) is 11.9. The predicted molar refractivity (Wildman–Crippen MR) is 97.8 cm³/mol. The Kier molecular flexibility index (Phi) is 6.32. The molecule has 0 spiro atoms. The number of benzene rings is 2. The maximum atomic E-state index is 13.5. The molecule has 0 aliphatic rings. The summed E-state index contributed by atoms with van der Waals surface area (Å²) < 4.78 is 15.2. The molecule has 0 radical (unpaired) electrons. The third-order valence-electron chi connectivity index (χ3n) is 3.68. The standard InChI is InChI=1S/C18H18FN5OS/c19-16-9-5-4-8-15(16)10-20-18(25)13-26-12-17-21-22-23-24(17)11-14-6-2-1-3-7-14/h1-9H,10-13H2,(H,20,25). The van der Waals surface area contributed by atoms with E-state index < -0.39 is 0 Å². The van der Waals surface area contributed by atoms with Gasteiger partial charge in [-0.05, 0) is 22.1 Å². The molecule has 1 N–H and O–H groups in total. The summed E-state index contributed by atoms with van der Waals surface area (Å²) >= 11 is 1.41. The third kappa shape index (κ3) is 5.13. The molecule has 0 aliphatic heterocycles. The van der Waals surface area contributed by atoms with Gasteiger partial charge in [-0.25, -0.2) is 9.07 Å². The van der Waals surface area contributed by atoms with Crippen molar-refractivity contribution < 1.29 is 9.18 Å². The number of tetrazole rings is 1. The Morgan fingerprint density at radius 1 is 1.12 bits per heavy atom. The fraction of sp³-hybridized carbons (Fsp3) is 0.222. The van der Waals surface area contributed by atoms with E-state index >= 15 is 0 Å². The van der Waals surface area contributed by atoms with Crippen molar-refractivity contribution in [3.05, 3.63) is 77.4 Å². The largest absolute Gasteiger partial charge is 0.351 e. The normalized spacial score (nSPS) is 10.7. The Morgan fingerprint density at radius 2 is 1.88 bits per heavy atom. The van der Waals surface area contributed by atoms with Gasteiger partial charge in [-0.15, -0.1) is 16.9 Å². The second-order valence-electron chi connectivity index (χ2n) is 5.60. The van der Waals surface area contributed by atoms with E-state index in [1.165, 1.54) is 17.8 Å². The van der Waals surface area contributed by atoms with Crippen molar-refractivity contribution in [3.63, 3.8) is 0 Å². The SMILES string of the molecule is O=C(CSCc1nnnn1Cc1ccccc1)NCc1ccccc1F. The first kappa shape index (κ1) is 18.1. The van der Waals surface area contributed by atoms with Gasteiger partial charge in [-0.2, -0.15) is 0 Å². The molecular weight excluding hydrogens is 353 g/mol. The van der Waals surface area contributed by atoms with Gasteiger partial charge in [0.1, 0.15) is 5.82 Å². The molecule has 0 atom stereocenters. The summed E-state index contributed by atoms with van der Waals surface area (Å²) in [5.74, 6) is 1.02. The number of halogens is 1. The van der Waals surface area contributed by atoms with Crippen LogP contribution in [0, 0.1) is 5.82 Å². The molecule has 0 saturated carbocycles. The van der Waals surface area contributed by atoms with Crippen LogP contribution in [0.4, 0.5) is 4.39 Å². The third-order valence-corrected chi connectivity index (χ3v) is 4.61. The second-order valence-corrected chi connectivity index (χ2v) is 6.58. The number of aromatic nitrogens is 4. The van der Waals surface area contributed by atoms with E-state index in [2.05, 4.69) is 20.8 Å². The molecule has 0 fully saturated rings. The zero-order valence-corrected chi connectivity index (χ0v) is 14.8. The van der Waals surface area contributed by atoms with Crippen molar-refractivity contribution in [2.45, 2.75) is 18.8 Å². The van der Waals surface area contributed by atoms with Crippen LogP contribution in [0.1, 0.15) is 17.0 Å². The van der Waals surface area contributed by atoms with Crippen molar-refractivity contribution in [1.29, 1.82) is 0 Å². The van der Waals surface area contributed by atoms with Gasteiger partial charge in [0.2, 0.25) is 5.91 Å². The van der Waals surface area contributed by atoms with Gasteiger partial charge in [-0.1, -0.05) is 48.5 Å². The average Bonchev–Trinajstić information content (AvgIpc) is 3.09. The van der Waals surface area contributed by atoms with Crippen LogP contribution in [-0.4, -0.2) is 31.9 Å². The minimum Gasteiger partial charge on any atom is -0.351 e. The Hall–Kier alpha value is -2.74. The number of hydrogen-bond acceptors (Lipinski definition) is 5. The Labute approximate surface area is 154 Å². The zero-order chi connectivity index (χ0) is 18.2. The summed E-state index contributed by atoms with van der Waals surface area (Å²) in [5.41, 5.74) is 1.58. The van der Waals surface area contributed by atoms with Crippen molar-refractivity contribution in [2.24, 2.45) is 0 Å². The summed E-state index contributed by atoms with van der Waals surface area (Å²) in [5, 5.41) is 14.4. The minimum absolute atomic E-state index is 0.152. The Morgan fingerprint density at radius 3 is 2.69 bits per heavy atom. The first-order valence-corrected chi connectivity index (χ1v) is 9.24. The van der Waals surface area contributed by atoms with Crippen LogP contribution in [0.15, 0.2) is 54.6 Å². The van der Waals surface area contributed by atoms with Gasteiger partial charge >= 0.3 is 0 Å². The highest BCUT2D eigenvalue weighted by Gasteiger charge is 2.09. The maximum Gasteiger partial charge on any atom is 0.230 e. The van der Waals surface area contributed by atoms with Gasteiger partial charge in [-0.3, -0.25) is 4.79 Å². The summed E-state index contributed by atoms with van der Waals surface area (Å²) in [7, 11) is 0. The van der Waals surface area contributed by atoms with Crippen LogP contribution in [0.3, 0.4) is 0 Å². The molecule has 134 valence electrons. The van der Waals surface area contributed by atoms with Crippen molar-refractivity contribution in [2.75, 3.05) is 5.75 Å². The van der Waals surface area contributed by atoms with Crippen molar-refractivity contribution in [3.8, 4) is 0 Å². The molecule has 0 bridgehead atoms. The molecule has 0 saturated heterocycles. The Balaban J connectivity index is 1.44. The summed E-state index contributed by atoms with van der Waals surface area (Å²) in [6, 6.07) is 16.3. The number of hydrogen-bond donors (Lipinski definition) is 1. The monoisotopic (exact) mass is 371 g/mol. The number of carbonyl (C=O) groups excluding carboxylic acids is 1. The lowest BCUT2D eigenvalue weighted by Crippen LogP contribution is -2.25. The van der Waals surface area contributed by atoms with Crippen LogP contribution in [0.2, 0.25) is 0 Å². The van der Waals surface area contributed by atoms with E-state index in [9.17, 15) is 9.18 Å². The highest BCUT2D eigenvalue weighted by atomic mass is 32.2. The minimum atomic E-state index is -0.319. The lowest BCUT2D eigenvalue weighted by molar-refractivity contribution is -0.118. The Bertz CT molecular complexity index is 856. The first-order valence-electron chi connectivity index (χ1n) is 8.09. The first-order chi connectivity index (χ1) is 12.7. The summed E-state index contributed by atoms with van der Waals surface area (Å²) in [6.07, 6.45) is 0. The molecule has 0 aliphatic carbocycles. The second kappa shape index (κ2) is 9.10. The summed E-state index contributed by atoms with van der Waals surface area (Å²) in [6.45, 7) is 0.765. The number of nitrogens with one attached hydrogen (secondary N) is 1. The zero-order valence-electron chi connectivity index (χ0n) is 14.0. The van der Waals surface area contributed by atoms with Crippen molar-refractivity contribution >= 4 is 17.7 Å². The van der Waals surface area contributed by atoms with Gasteiger partial charge in [0, 0.05) is 12.1 Å². The molecule has 3 aromatic rings. The molecule has 26 heavy (non-hydrogen) atoms. The molecule has 8 heteroatoms. The van der Waals surface area contributed by atoms with Crippen LogP contribution in [0.5, 0.6) is 0 Å². The van der Waals surface area contributed by atoms with Crippen LogP contribution in [-0.2, 0) is 23.6 Å². The molecule has 1 amide bonds. The molecule has 0 unspecified atom stereocenters.